The van der Waals surface area contributed by atoms with Crippen LogP contribution >= 0.6 is 11.8 Å². The van der Waals surface area contributed by atoms with Gasteiger partial charge in [-0.25, -0.2) is 0 Å². The summed E-state index contributed by atoms with van der Waals surface area (Å²) in [5, 5.41) is 11.6. The first-order valence-electron chi connectivity index (χ1n) is 5.53. The monoisotopic (exact) mass is 294 g/mol. The van der Waals surface area contributed by atoms with E-state index in [1.54, 1.807) is 0 Å². The highest BCUT2D eigenvalue weighted by Crippen LogP contribution is 2.33. The van der Waals surface area contributed by atoms with Gasteiger partial charge in [-0.1, -0.05) is 5.16 Å². The molecule has 0 radical (unpaired) electrons. The molecule has 0 unspecified atom stereocenters. The molecule has 0 aromatic carbocycles. The molecular weight excluding hydrogens is 281 g/mol. The van der Waals surface area contributed by atoms with Crippen LogP contribution in [0.5, 0.6) is 0 Å². The summed E-state index contributed by atoms with van der Waals surface area (Å²) in [4.78, 5) is 6.07. The smallest absolute Gasteiger partial charge is 0.389 e. The summed E-state index contributed by atoms with van der Waals surface area (Å²) in [5.74, 6) is 0.0704. The van der Waals surface area contributed by atoms with E-state index in [1.807, 2.05) is 13.8 Å². The Morgan fingerprint density at radius 1 is 1.37 bits per heavy atom. The first-order valence-corrected chi connectivity index (χ1v) is 6.51. The fourth-order valence-electron chi connectivity index (χ4n) is 1.60. The maximum absolute atomic E-state index is 12.7. The van der Waals surface area contributed by atoms with Crippen molar-refractivity contribution in [2.75, 3.05) is 0 Å². The number of rotatable bonds is 2. The number of alkyl halides is 3. The van der Waals surface area contributed by atoms with E-state index in [-0.39, 0.29) is 11.4 Å². The molecule has 9 heteroatoms. The Morgan fingerprint density at radius 3 is 2.58 bits per heavy atom. The molecule has 0 bridgehead atoms. The highest BCUT2D eigenvalue weighted by Gasteiger charge is 2.38. The van der Waals surface area contributed by atoms with Gasteiger partial charge in [0, 0.05) is 19.2 Å². The van der Waals surface area contributed by atoms with Gasteiger partial charge in [0.15, 0.2) is 5.69 Å². The van der Waals surface area contributed by atoms with Gasteiger partial charge in [0.25, 0.3) is 0 Å². The molecule has 5 nitrogen and oxygen atoms in total. The Hall–Kier alpha value is -1.25. The van der Waals surface area contributed by atoms with Crippen LogP contribution in [0.2, 0.25) is 0 Å². The van der Waals surface area contributed by atoms with E-state index in [9.17, 15) is 13.2 Å². The second-order valence-corrected chi connectivity index (χ2v) is 5.83. The topological polar surface area (TPSA) is 52.3 Å². The summed E-state index contributed by atoms with van der Waals surface area (Å²) in [6.45, 7) is 3.74. The molecule has 0 amide bonds. The second-order valence-electron chi connectivity index (χ2n) is 4.78. The Balaban J connectivity index is 2.05. The molecule has 0 spiro atoms. The number of aromatic nitrogens is 3. The van der Waals surface area contributed by atoms with Crippen molar-refractivity contribution in [3.05, 3.63) is 11.4 Å². The predicted molar refractivity (Wildman–Crippen MR) is 64.5 cm³/mol. The van der Waals surface area contributed by atoms with Crippen molar-refractivity contribution in [1.82, 2.24) is 15.0 Å². The summed E-state index contributed by atoms with van der Waals surface area (Å²) in [6.07, 6.45) is -3.91. The lowest BCUT2D eigenvalue weighted by molar-refractivity contribution is -0.141. The van der Waals surface area contributed by atoms with Crippen LogP contribution < -0.4 is 0 Å². The SMILES string of the molecule is Cn1nc(CSC2=NOC(C)(C)C2)c(C(F)(F)F)n1. The maximum atomic E-state index is 12.7. The Kier molecular flexibility index (Phi) is 3.50. The van der Waals surface area contributed by atoms with E-state index >= 15 is 0 Å². The molecule has 0 saturated carbocycles. The highest BCUT2D eigenvalue weighted by atomic mass is 32.2. The molecule has 1 aliphatic rings. The fraction of sp³-hybridized carbons (Fsp3) is 0.700. The lowest BCUT2D eigenvalue weighted by Gasteiger charge is -2.12. The molecule has 0 aliphatic carbocycles. The summed E-state index contributed by atoms with van der Waals surface area (Å²) < 4.78 is 38.1. The number of hydrogen-bond acceptors (Lipinski definition) is 5. The van der Waals surface area contributed by atoms with Crippen molar-refractivity contribution in [3.63, 3.8) is 0 Å². The Morgan fingerprint density at radius 2 is 2.05 bits per heavy atom. The zero-order chi connectivity index (χ0) is 14.3. The first-order chi connectivity index (χ1) is 8.67. The van der Waals surface area contributed by atoms with E-state index in [0.29, 0.717) is 11.5 Å². The molecule has 106 valence electrons. The standard InChI is InChI=1S/C10H13F3N4OS/c1-9(2)4-7(16-18-9)19-5-6-8(10(11,12)13)15-17(3)14-6/h4-5H2,1-3H3. The van der Waals surface area contributed by atoms with Gasteiger partial charge in [0.2, 0.25) is 0 Å². The Bertz CT molecular complexity index is 509. The summed E-state index contributed by atoms with van der Waals surface area (Å²) in [7, 11) is 1.36. The third-order valence-corrected chi connectivity index (χ3v) is 3.37. The molecule has 2 rings (SSSR count). The van der Waals surface area contributed by atoms with Gasteiger partial charge in [-0.2, -0.15) is 23.1 Å². The largest absolute Gasteiger partial charge is 0.437 e. The Labute approximate surface area is 112 Å². The summed E-state index contributed by atoms with van der Waals surface area (Å²) in [6, 6.07) is 0. The van der Waals surface area contributed by atoms with Gasteiger partial charge in [-0.3, -0.25) is 0 Å². The van der Waals surface area contributed by atoms with Gasteiger partial charge in [0.05, 0.1) is 0 Å². The third-order valence-electron chi connectivity index (χ3n) is 2.40. The van der Waals surface area contributed by atoms with E-state index < -0.39 is 17.5 Å². The number of nitrogens with zero attached hydrogens (tertiary/aromatic N) is 4. The first kappa shape index (κ1) is 14.2. The van der Waals surface area contributed by atoms with Crippen LogP contribution in [-0.2, 0) is 23.8 Å². The lowest BCUT2D eigenvalue weighted by Crippen LogP contribution is -2.18. The van der Waals surface area contributed by atoms with Gasteiger partial charge >= 0.3 is 6.18 Å². The molecule has 1 aliphatic heterocycles. The highest BCUT2D eigenvalue weighted by molar-refractivity contribution is 8.13. The van der Waals surface area contributed by atoms with Gasteiger partial charge in [-0.05, 0) is 13.8 Å². The second kappa shape index (κ2) is 4.69. The van der Waals surface area contributed by atoms with Gasteiger partial charge < -0.3 is 4.84 Å². The summed E-state index contributed by atoms with van der Waals surface area (Å²) in [5.41, 5.74) is -1.42. The van der Waals surface area contributed by atoms with E-state index in [2.05, 4.69) is 15.4 Å². The number of hydrogen-bond donors (Lipinski definition) is 0. The van der Waals surface area contributed by atoms with Crippen LogP contribution in [-0.4, -0.2) is 25.6 Å². The fourth-order valence-corrected chi connectivity index (χ4v) is 2.63. The average molecular weight is 294 g/mol. The quantitative estimate of drug-likeness (QED) is 0.841. The van der Waals surface area contributed by atoms with E-state index in [4.69, 9.17) is 4.84 Å². The lowest BCUT2D eigenvalue weighted by atomic mass is 10.1. The number of aryl methyl sites for hydroxylation is 1. The van der Waals surface area contributed by atoms with Crippen molar-refractivity contribution in [2.24, 2.45) is 12.2 Å². The minimum atomic E-state index is -4.49. The minimum Gasteiger partial charge on any atom is -0.389 e. The van der Waals surface area contributed by atoms with E-state index in [0.717, 1.165) is 4.80 Å². The predicted octanol–water partition coefficient (Wildman–Crippen LogP) is 2.58. The maximum Gasteiger partial charge on any atom is 0.437 e. The van der Waals surface area contributed by atoms with Crippen LogP contribution in [0.1, 0.15) is 31.7 Å². The summed E-state index contributed by atoms with van der Waals surface area (Å²) >= 11 is 1.19. The van der Waals surface area contributed by atoms with Gasteiger partial charge in [-0.15, -0.1) is 16.9 Å². The zero-order valence-corrected chi connectivity index (χ0v) is 11.5. The number of thioether (sulfide) groups is 1. The van der Waals surface area contributed by atoms with Crippen molar-refractivity contribution >= 4 is 16.8 Å². The van der Waals surface area contributed by atoms with Crippen LogP contribution in [0.15, 0.2) is 5.16 Å². The van der Waals surface area contributed by atoms with Crippen molar-refractivity contribution < 1.29 is 18.0 Å². The molecule has 1 aromatic rings. The molecule has 0 fully saturated rings. The van der Waals surface area contributed by atoms with Crippen LogP contribution in [0.25, 0.3) is 0 Å². The van der Waals surface area contributed by atoms with Crippen LogP contribution in [0.3, 0.4) is 0 Å². The van der Waals surface area contributed by atoms with Crippen molar-refractivity contribution in [1.29, 1.82) is 0 Å². The van der Waals surface area contributed by atoms with Gasteiger partial charge in [0.1, 0.15) is 16.3 Å². The molecule has 19 heavy (non-hydrogen) atoms. The van der Waals surface area contributed by atoms with Crippen LogP contribution in [0, 0.1) is 0 Å². The normalized spacial score (nSPS) is 18.3. The van der Waals surface area contributed by atoms with Crippen molar-refractivity contribution in [3.8, 4) is 0 Å². The molecule has 2 heterocycles. The number of halogens is 3. The zero-order valence-electron chi connectivity index (χ0n) is 10.7. The molecule has 1 aromatic heterocycles. The molecular formula is C10H13F3N4OS. The molecule has 0 atom stereocenters. The van der Waals surface area contributed by atoms with Crippen molar-refractivity contribution in [2.45, 2.75) is 37.8 Å². The number of oxime groups is 1. The van der Waals surface area contributed by atoms with E-state index in [1.165, 1.54) is 18.8 Å². The minimum absolute atomic E-state index is 0.0704. The molecule has 0 N–H and O–H groups in total. The third kappa shape index (κ3) is 3.40. The van der Waals surface area contributed by atoms with Crippen LogP contribution in [0.4, 0.5) is 13.2 Å². The average Bonchev–Trinajstić information content (AvgIpc) is 2.78. The molecule has 0 saturated heterocycles.